The van der Waals surface area contributed by atoms with Crippen LogP contribution in [0.1, 0.15) is 149 Å². The monoisotopic (exact) mass is 1340 g/mol. The highest BCUT2D eigenvalue weighted by atomic mass is 32.1. The number of benzene rings is 2. The lowest BCUT2D eigenvalue weighted by molar-refractivity contribution is -0.148. The summed E-state index contributed by atoms with van der Waals surface area (Å²) >= 11 is 1.48. The molecule has 2 aliphatic rings. The first-order valence-electron chi connectivity index (χ1n) is 33.6. The normalized spacial score (nSPS) is 17.2. The van der Waals surface area contributed by atoms with Gasteiger partial charge in [0, 0.05) is 83.3 Å². The molecular formula is C70H106N12O12S. The number of ether oxygens (including phenoxy) is 2. The van der Waals surface area contributed by atoms with Crippen LogP contribution in [0.3, 0.4) is 0 Å². The Morgan fingerprint density at radius 1 is 0.747 bits per heavy atom. The number of nitrogens with two attached hydrogens (primary N) is 1. The minimum Gasteiger partial charge on any atom is -0.379 e. The molecule has 1 unspecified atom stereocenters. The molecule has 0 aliphatic carbocycles. The average Bonchev–Trinajstić information content (AvgIpc) is 1.81. The maximum Gasteiger partial charge on any atom is 0.312 e. The van der Waals surface area contributed by atoms with Crippen molar-refractivity contribution >= 4 is 76.2 Å². The Balaban J connectivity index is 1.18. The SMILES string of the molecule is CC[C@H](C)[C@@H]([C@@H](CC(=O)N1CCC[C@H]1[C@H](OC)[C@@H](C)C(=O)N[C@@H](Cc1ccccc1)c1nccs1)OC)N(C)C(=O)[C@@H](NC(=O)C(C(C)C)N(C)CCc1ccc(NC(=O)[C@H](CCCNC(N)=O)NC(=O)[C@@H](NC(=O)CCCCCN2C(=O)C=CC2=O)C(C)C)cc1)C(C)C. The van der Waals surface area contributed by atoms with Crippen molar-refractivity contribution < 1.29 is 57.4 Å². The predicted octanol–water partition coefficient (Wildman–Crippen LogP) is 6.30. The van der Waals surface area contributed by atoms with Crippen molar-refractivity contribution in [2.75, 3.05) is 59.8 Å². The Bertz CT molecular complexity index is 3000. The van der Waals surface area contributed by atoms with Gasteiger partial charge in [0.15, 0.2) is 0 Å². The molecule has 0 saturated carbocycles. The maximum atomic E-state index is 14.9. The second-order valence-electron chi connectivity index (χ2n) is 26.3. The van der Waals surface area contributed by atoms with Crippen molar-refractivity contribution in [1.29, 1.82) is 0 Å². The highest BCUT2D eigenvalue weighted by Gasteiger charge is 2.44. The van der Waals surface area contributed by atoms with Gasteiger partial charge < -0.3 is 56.9 Å². The molecule has 1 aromatic heterocycles. The summed E-state index contributed by atoms with van der Waals surface area (Å²) in [5.41, 5.74) is 7.70. The van der Waals surface area contributed by atoms with Crippen LogP contribution in [0.15, 0.2) is 78.3 Å². The zero-order valence-electron chi connectivity index (χ0n) is 58.0. The third kappa shape index (κ3) is 23.3. The summed E-state index contributed by atoms with van der Waals surface area (Å²) < 4.78 is 12.3. The lowest BCUT2D eigenvalue weighted by Gasteiger charge is -2.41. The molecule has 2 aliphatic heterocycles. The number of anilines is 1. The van der Waals surface area contributed by atoms with Gasteiger partial charge in [0.05, 0.1) is 48.7 Å². The second kappa shape index (κ2) is 38.8. The quantitative estimate of drug-likeness (QED) is 0.0243. The van der Waals surface area contributed by atoms with E-state index in [0.717, 1.165) is 27.5 Å². The molecule has 0 radical (unpaired) electrons. The van der Waals surface area contributed by atoms with Gasteiger partial charge in [-0.1, -0.05) is 118 Å². The maximum absolute atomic E-state index is 14.9. The van der Waals surface area contributed by atoms with Gasteiger partial charge in [-0.15, -0.1) is 11.3 Å². The second-order valence-corrected chi connectivity index (χ2v) is 27.2. The molecule has 11 atom stereocenters. The van der Waals surface area contributed by atoms with Gasteiger partial charge in [0.1, 0.15) is 23.1 Å². The number of nitrogens with one attached hydrogen (secondary N) is 6. The van der Waals surface area contributed by atoms with Gasteiger partial charge in [0.25, 0.3) is 11.8 Å². The lowest BCUT2D eigenvalue weighted by Crippen LogP contribution is -2.60. The first kappa shape index (κ1) is 78.1. The molecule has 25 heteroatoms. The largest absolute Gasteiger partial charge is 0.379 e. The molecule has 0 spiro atoms. The molecular weight excluding hydrogens is 1230 g/mol. The Hall–Kier alpha value is -7.61. The van der Waals surface area contributed by atoms with Crippen LogP contribution < -0.4 is 37.6 Å². The van der Waals surface area contributed by atoms with Crippen molar-refractivity contribution in [1.82, 2.24) is 51.2 Å². The van der Waals surface area contributed by atoms with E-state index in [4.69, 9.17) is 15.2 Å². The number of carbonyl (C=O) groups excluding carboxylic acids is 10. The molecule has 5 rings (SSSR count). The van der Waals surface area contributed by atoms with Gasteiger partial charge in [0.2, 0.25) is 41.4 Å². The van der Waals surface area contributed by atoms with Crippen LogP contribution in [0.2, 0.25) is 0 Å². The van der Waals surface area contributed by atoms with Crippen molar-refractivity contribution in [2.24, 2.45) is 35.3 Å². The molecule has 8 N–H and O–H groups in total. The van der Waals surface area contributed by atoms with Gasteiger partial charge in [-0.25, -0.2) is 9.78 Å². The van der Waals surface area contributed by atoms with E-state index in [-0.39, 0.29) is 109 Å². The number of thiazole rings is 1. The fourth-order valence-electron chi connectivity index (χ4n) is 12.7. The number of hydrogen-bond donors (Lipinski definition) is 7. The zero-order valence-corrected chi connectivity index (χ0v) is 58.8. The number of hydrogen-bond acceptors (Lipinski definition) is 15. The first-order valence-corrected chi connectivity index (χ1v) is 34.5. The fourth-order valence-corrected chi connectivity index (χ4v) is 13.4. The lowest BCUT2D eigenvalue weighted by atomic mass is 9.89. The van der Waals surface area contributed by atoms with Crippen LogP contribution in [-0.4, -0.2) is 187 Å². The molecule has 1 saturated heterocycles. The summed E-state index contributed by atoms with van der Waals surface area (Å²) in [4.78, 5) is 145. The molecule has 1 fully saturated rings. The number of methoxy groups -OCH3 is 2. The van der Waals surface area contributed by atoms with Crippen LogP contribution >= 0.6 is 11.3 Å². The van der Waals surface area contributed by atoms with Crippen molar-refractivity contribution in [2.45, 2.75) is 194 Å². The topological polar surface area (TPSA) is 313 Å². The van der Waals surface area contributed by atoms with Crippen LogP contribution in [0.4, 0.5) is 10.5 Å². The van der Waals surface area contributed by atoms with Crippen LogP contribution in [0, 0.1) is 29.6 Å². The van der Waals surface area contributed by atoms with Crippen LogP contribution in [0.5, 0.6) is 0 Å². The molecule has 2 aromatic carbocycles. The van der Waals surface area contributed by atoms with E-state index in [2.05, 4.69) is 36.9 Å². The number of aromatic nitrogens is 1. The molecule has 24 nitrogen and oxygen atoms in total. The minimum atomic E-state index is -1.05. The van der Waals surface area contributed by atoms with Gasteiger partial charge in [-0.3, -0.25) is 53.0 Å². The predicted molar refractivity (Wildman–Crippen MR) is 366 cm³/mol. The summed E-state index contributed by atoms with van der Waals surface area (Å²) in [6, 6.07) is 11.6. The number of likely N-dealkylation sites (tertiary alicyclic amines) is 1. The molecule has 0 bridgehead atoms. The van der Waals surface area contributed by atoms with E-state index in [1.165, 1.54) is 23.5 Å². The van der Waals surface area contributed by atoms with Crippen LogP contribution in [-0.2, 0) is 65.5 Å². The molecule has 524 valence electrons. The Labute approximate surface area is 565 Å². The van der Waals surface area contributed by atoms with Crippen molar-refractivity contribution in [3.8, 4) is 0 Å². The third-order valence-corrected chi connectivity index (χ3v) is 19.1. The molecule has 3 aromatic rings. The number of amides is 11. The van der Waals surface area contributed by atoms with Crippen LogP contribution in [0.25, 0.3) is 0 Å². The number of carbonyl (C=O) groups is 10. The molecule has 95 heavy (non-hydrogen) atoms. The summed E-state index contributed by atoms with van der Waals surface area (Å²) in [5, 5.41) is 20.0. The number of nitrogens with zero attached hydrogens (tertiary/aromatic N) is 5. The highest BCUT2D eigenvalue weighted by molar-refractivity contribution is 7.09. The van der Waals surface area contributed by atoms with Crippen molar-refractivity contribution in [3.63, 3.8) is 0 Å². The van der Waals surface area contributed by atoms with E-state index in [1.54, 1.807) is 58.3 Å². The minimum absolute atomic E-state index is 0.0295. The Morgan fingerprint density at radius 3 is 2.01 bits per heavy atom. The summed E-state index contributed by atoms with van der Waals surface area (Å²) in [6.07, 6.45) is 8.07. The van der Waals surface area contributed by atoms with E-state index >= 15 is 0 Å². The van der Waals surface area contributed by atoms with Crippen molar-refractivity contribution in [3.05, 3.63) is 94.5 Å². The van der Waals surface area contributed by atoms with E-state index < -0.39 is 66.2 Å². The average molecular weight is 1340 g/mol. The number of urea groups is 1. The first-order chi connectivity index (χ1) is 45.2. The number of likely N-dealkylation sites (N-methyl/N-ethyl adjacent to an activating group) is 2. The molecule has 11 amide bonds. The van der Waals surface area contributed by atoms with E-state index in [1.807, 2.05) is 113 Å². The van der Waals surface area contributed by atoms with E-state index in [9.17, 15) is 47.9 Å². The summed E-state index contributed by atoms with van der Waals surface area (Å²) in [7, 11) is 6.71. The van der Waals surface area contributed by atoms with Gasteiger partial charge in [-0.05, 0) is 105 Å². The number of primary amides is 1. The smallest absolute Gasteiger partial charge is 0.312 e. The van der Waals surface area contributed by atoms with Gasteiger partial charge in [-0.2, -0.15) is 0 Å². The van der Waals surface area contributed by atoms with E-state index in [0.29, 0.717) is 70.1 Å². The zero-order chi connectivity index (χ0) is 70.1. The Kier molecular flexibility index (Phi) is 31.9. The number of unbranched alkanes of at least 4 members (excludes halogenated alkanes) is 2. The number of rotatable bonds is 40. The summed E-state index contributed by atoms with van der Waals surface area (Å²) in [6.45, 7) is 18.5. The summed E-state index contributed by atoms with van der Waals surface area (Å²) in [5.74, 6) is -4.69. The fraction of sp³-hybridized carbons (Fsp3) is 0.614. The Morgan fingerprint density at radius 2 is 1.42 bits per heavy atom. The number of imide groups is 1. The molecule has 3 heterocycles. The third-order valence-electron chi connectivity index (χ3n) is 18.2. The highest BCUT2D eigenvalue weighted by Crippen LogP contribution is 2.31. The standard InChI is InChI=1S/C70H106N12O12S/c1-14-46(8)62(54(93-12)42-58(86)81-38-22-26-53(81)63(94-13)47(9)64(87)76-52(68-72-36-40-95-68)41-49-23-17-15-18-24-49)80(11)69(91)60(44(4)5)78-67(90)61(45(6)7)79(10)39-34-48-28-30-50(31-29-48)74-65(88)51(25-21-35-73-70(71)92)75-66(89)59(43(2)3)77-55(83)27-19-16-20-37-82-56(84)32-33-57(82)85/h15,17-18,23-24,28-33,36,40,43-47,51-54,59-63H,14,16,19-22,25-27,34-35,37-39,41-42H2,1-13H3,(H,74,88)(H,75,89)(H,76,87)(H,77,83)(H,78,90)(H3,71,73,92)/t46-,47+,51-,52-,53-,54+,59-,60-,61?,62-,63+/m0/s1. The van der Waals surface area contributed by atoms with Gasteiger partial charge >= 0.3 is 6.03 Å².